The van der Waals surface area contributed by atoms with Crippen LogP contribution in [0.3, 0.4) is 0 Å². The van der Waals surface area contributed by atoms with E-state index >= 15 is 4.48 Å². The summed E-state index contributed by atoms with van der Waals surface area (Å²) < 4.78 is 25.0. The molecule has 2 atom stereocenters. The molecule has 0 fully saturated rings. The Hall–Kier alpha value is -4.40. The number of carbonyl (C=O) groups excluding carboxylic acids is 5. The third-order valence-corrected chi connectivity index (χ3v) is 6.66. The van der Waals surface area contributed by atoms with Crippen LogP contribution in [-0.2, 0) is 36.7 Å². The number of benzene rings is 2. The number of aryl methyl sites for hydroxylation is 1. The van der Waals surface area contributed by atoms with Crippen molar-refractivity contribution in [2.75, 3.05) is 34.3 Å². The average Bonchev–Trinajstić information content (AvgIpc) is 3.14. The Labute approximate surface area is 335 Å². The first kappa shape index (κ1) is 55.9. The topological polar surface area (TPSA) is 175 Å². The summed E-state index contributed by atoms with van der Waals surface area (Å²) in [6.07, 6.45) is 3.45. The van der Waals surface area contributed by atoms with Crippen molar-refractivity contribution in [2.24, 2.45) is 5.92 Å². The van der Waals surface area contributed by atoms with Gasteiger partial charge in [-0.05, 0) is 84.9 Å². The largest absolute Gasteiger partial charge is 0.444 e. The van der Waals surface area contributed by atoms with Crippen LogP contribution in [0, 0.1) is 5.92 Å². The number of unbranched alkanes of at least 4 members (excludes halogenated alkanes) is 1. The molecule has 2 rings (SSSR count). The van der Waals surface area contributed by atoms with Gasteiger partial charge in [-0.15, -0.1) is 9.60 Å². The summed E-state index contributed by atoms with van der Waals surface area (Å²) in [5.41, 5.74) is 1.17. The maximum atomic E-state index is 15.1. The minimum Gasteiger partial charge on any atom is -0.444 e. The molecule has 0 aliphatic rings. The first-order valence-electron chi connectivity index (χ1n) is 19.0. The number of hydrogen-bond donors (Lipinski definition) is 5. The van der Waals surface area contributed by atoms with Gasteiger partial charge < -0.3 is 45.4 Å². The van der Waals surface area contributed by atoms with E-state index in [1.54, 1.807) is 7.05 Å². The number of ether oxygens (including phenoxy) is 2. The van der Waals surface area contributed by atoms with E-state index in [0.717, 1.165) is 37.4 Å². The van der Waals surface area contributed by atoms with Crippen LogP contribution in [0.15, 0.2) is 60.7 Å². The molecule has 0 aliphatic heterocycles. The maximum absolute atomic E-state index is 15.1. The third kappa shape index (κ3) is 35.3. The Morgan fingerprint density at radius 1 is 0.839 bits per heavy atom. The zero-order valence-corrected chi connectivity index (χ0v) is 35.9. The summed E-state index contributed by atoms with van der Waals surface area (Å²) in [4.78, 5) is 54.7. The molecule has 2 aromatic rings. The van der Waals surface area contributed by atoms with E-state index in [0.29, 0.717) is 37.3 Å². The van der Waals surface area contributed by atoms with Gasteiger partial charge in [-0.2, -0.15) is 0 Å². The van der Waals surface area contributed by atoms with Crippen molar-refractivity contribution in [3.63, 3.8) is 0 Å². The zero-order valence-electron chi connectivity index (χ0n) is 35.9. The SMILES string of the molecule is CC(C)CC(C=O)N(F)[C@@H](Cc1ccccc1)NC(=O)CCc1ccccc1.CCCCNC(=O)OC(C)(C)C.CNC(=O)OC(C)(C)C.CNCC=O.CO. The van der Waals surface area contributed by atoms with Crippen molar-refractivity contribution in [2.45, 2.75) is 124 Å². The Kier molecular flexibility index (Phi) is 33.9. The van der Waals surface area contributed by atoms with Gasteiger partial charge in [0.25, 0.3) is 0 Å². The van der Waals surface area contributed by atoms with Crippen LogP contribution < -0.4 is 21.3 Å². The fourth-order valence-corrected chi connectivity index (χ4v) is 4.22. The van der Waals surface area contributed by atoms with Gasteiger partial charge in [0, 0.05) is 33.5 Å². The van der Waals surface area contributed by atoms with Gasteiger partial charge in [-0.25, -0.2) is 9.59 Å². The van der Waals surface area contributed by atoms with Crippen molar-refractivity contribution in [1.29, 1.82) is 0 Å². The normalized spacial score (nSPS) is 11.5. The van der Waals surface area contributed by atoms with Crippen LogP contribution >= 0.6 is 0 Å². The molecule has 0 spiro atoms. The van der Waals surface area contributed by atoms with Gasteiger partial charge in [0.2, 0.25) is 5.91 Å². The van der Waals surface area contributed by atoms with Crippen LogP contribution in [0.1, 0.15) is 99.1 Å². The van der Waals surface area contributed by atoms with Gasteiger partial charge in [-0.3, -0.25) is 4.79 Å². The molecule has 0 saturated carbocycles. The van der Waals surface area contributed by atoms with Crippen LogP contribution in [-0.4, -0.2) is 98.6 Å². The minimum absolute atomic E-state index is 0.166. The molecule has 1 unspecified atom stereocenters. The number of amides is 3. The molecule has 0 aliphatic carbocycles. The van der Waals surface area contributed by atoms with Gasteiger partial charge in [0.15, 0.2) is 0 Å². The Bertz CT molecular complexity index is 1290. The van der Waals surface area contributed by atoms with Gasteiger partial charge in [-0.1, -0.05) is 87.9 Å². The first-order valence-corrected chi connectivity index (χ1v) is 19.0. The van der Waals surface area contributed by atoms with Gasteiger partial charge in [0.1, 0.15) is 29.9 Å². The van der Waals surface area contributed by atoms with Gasteiger partial charge in [0.05, 0.1) is 12.6 Å². The quantitative estimate of drug-likeness (QED) is 0.0541. The number of rotatable bonds is 16. The molecule has 5 N–H and O–H groups in total. The minimum atomic E-state index is -0.889. The molecule has 13 nitrogen and oxygen atoms in total. The van der Waals surface area contributed by atoms with E-state index in [-0.39, 0.29) is 42.5 Å². The Morgan fingerprint density at radius 2 is 1.34 bits per heavy atom. The average molecular weight is 794 g/mol. The molecule has 0 aromatic heterocycles. The fourth-order valence-electron chi connectivity index (χ4n) is 4.22. The van der Waals surface area contributed by atoms with E-state index in [1.807, 2.05) is 116 Å². The number of alkyl carbamates (subject to hydrolysis) is 2. The fraction of sp³-hybridized carbons (Fsp3) is 0.595. The van der Waals surface area contributed by atoms with E-state index in [9.17, 15) is 24.0 Å². The predicted molar refractivity (Wildman–Crippen MR) is 222 cm³/mol. The van der Waals surface area contributed by atoms with Crippen LogP contribution in [0.25, 0.3) is 0 Å². The Balaban J connectivity index is -0.000000823. The van der Waals surface area contributed by atoms with E-state index in [1.165, 1.54) is 7.05 Å². The summed E-state index contributed by atoms with van der Waals surface area (Å²) >= 11 is 0. The number of aldehydes is 2. The molecule has 56 heavy (non-hydrogen) atoms. The monoisotopic (exact) mass is 794 g/mol. The third-order valence-electron chi connectivity index (χ3n) is 6.66. The van der Waals surface area contributed by atoms with Crippen LogP contribution in [0.2, 0.25) is 0 Å². The summed E-state index contributed by atoms with van der Waals surface area (Å²) in [7, 11) is 4.27. The lowest BCUT2D eigenvalue weighted by atomic mass is 10.0. The highest BCUT2D eigenvalue weighted by Gasteiger charge is 2.28. The lowest BCUT2D eigenvalue weighted by Crippen LogP contribution is -2.50. The summed E-state index contributed by atoms with van der Waals surface area (Å²) in [5.74, 6) is -0.0683. The number of nitrogens with zero attached hydrogens (tertiary/aromatic N) is 1. The standard InChI is InChI=1S/C23H29FN2O2.C9H19NO2.C6H13NO2.C3H7NO.CH4O/c1-18(2)15-21(17-27)26(24)22(16-20-11-7-4-8-12-20)25-23(28)14-13-19-9-5-3-6-10-19;1-5-6-7-10-8(11)12-9(2,3)4;1-6(2,3)9-5(8)7-4;1-4-2-3-5;1-2/h3-12,17-18,21-22H,13-16H2,1-2H3,(H,25,28);5-7H2,1-4H3,(H,10,11);1-4H3,(H,7,8);3-4H,2H2,1H3;2H,1H3/t21?,22-;;;;/m0..../s1. The van der Waals surface area contributed by atoms with E-state index in [4.69, 9.17) is 14.6 Å². The lowest BCUT2D eigenvalue weighted by Gasteiger charge is -2.29. The first-order chi connectivity index (χ1) is 26.3. The second-order valence-corrected chi connectivity index (χ2v) is 14.7. The number of hydrogen-bond acceptors (Lipinski definition) is 10. The lowest BCUT2D eigenvalue weighted by molar-refractivity contribution is -0.137. The zero-order chi connectivity index (χ0) is 43.6. The van der Waals surface area contributed by atoms with Crippen molar-refractivity contribution in [3.8, 4) is 0 Å². The van der Waals surface area contributed by atoms with E-state index < -0.39 is 17.8 Å². The summed E-state index contributed by atoms with van der Waals surface area (Å²) in [6, 6.07) is 18.2. The molecule has 14 heteroatoms. The second kappa shape index (κ2) is 33.9. The molecular formula is C42H72FN5O8. The van der Waals surface area contributed by atoms with Crippen molar-refractivity contribution in [1.82, 2.24) is 26.4 Å². The van der Waals surface area contributed by atoms with Crippen LogP contribution in [0.5, 0.6) is 0 Å². The number of halogens is 1. The maximum Gasteiger partial charge on any atom is 0.407 e. The number of likely N-dealkylation sites (N-methyl/N-ethyl adjacent to an activating group) is 1. The summed E-state index contributed by atoms with van der Waals surface area (Å²) in [6.45, 7) is 18.1. The smallest absolute Gasteiger partial charge is 0.407 e. The predicted octanol–water partition coefficient (Wildman–Crippen LogP) is 6.57. The molecular weight excluding hydrogens is 721 g/mol. The number of aliphatic hydroxyl groups is 1. The van der Waals surface area contributed by atoms with E-state index in [2.05, 4.69) is 28.2 Å². The molecule has 0 radical (unpaired) electrons. The number of nitrogens with one attached hydrogen (secondary N) is 4. The Morgan fingerprint density at radius 3 is 1.71 bits per heavy atom. The highest BCUT2D eigenvalue weighted by molar-refractivity contribution is 5.76. The van der Waals surface area contributed by atoms with Gasteiger partial charge >= 0.3 is 12.2 Å². The summed E-state index contributed by atoms with van der Waals surface area (Å²) in [5, 5.41) is 18.0. The number of carbonyl (C=O) groups is 5. The molecule has 3 amide bonds. The second-order valence-electron chi connectivity index (χ2n) is 14.7. The number of aliphatic hydroxyl groups excluding tert-OH is 1. The highest BCUT2D eigenvalue weighted by atomic mass is 19.2. The van der Waals surface area contributed by atoms with Crippen molar-refractivity contribution >= 4 is 30.7 Å². The molecule has 0 bridgehead atoms. The molecule has 2 aromatic carbocycles. The van der Waals surface area contributed by atoms with Crippen molar-refractivity contribution < 1.29 is 43.0 Å². The van der Waals surface area contributed by atoms with Crippen LogP contribution in [0.4, 0.5) is 14.1 Å². The molecule has 320 valence electrons. The molecule has 0 heterocycles. The van der Waals surface area contributed by atoms with Crippen molar-refractivity contribution in [3.05, 3.63) is 71.8 Å². The molecule has 0 saturated heterocycles. The highest BCUT2D eigenvalue weighted by Crippen LogP contribution is 2.16.